The first-order valence-electron chi connectivity index (χ1n) is 7.90. The van der Waals surface area contributed by atoms with Gasteiger partial charge in [-0.2, -0.15) is 0 Å². The van der Waals surface area contributed by atoms with Crippen LogP contribution in [0.15, 0.2) is 97.3 Å². The second kappa shape index (κ2) is 15.3. The predicted octanol–water partition coefficient (Wildman–Crippen LogP) is 5.21. The van der Waals surface area contributed by atoms with Crippen molar-refractivity contribution in [2.24, 2.45) is 5.73 Å². The van der Waals surface area contributed by atoms with Crippen LogP contribution >= 0.6 is 0 Å². The second-order valence-electron chi connectivity index (χ2n) is 4.96. The lowest BCUT2D eigenvalue weighted by Gasteiger charge is -1.96. The Hall–Kier alpha value is -2.58. The highest BCUT2D eigenvalue weighted by atomic mass is 16.5. The summed E-state index contributed by atoms with van der Waals surface area (Å²) >= 11 is 0. The molecule has 0 saturated heterocycles. The van der Waals surface area contributed by atoms with Gasteiger partial charge in [0.15, 0.2) is 0 Å². The maximum Gasteiger partial charge on any atom is 0.118 e. The normalized spacial score (nSPS) is 10.1. The molecule has 0 spiro atoms. The minimum absolute atomic E-state index is 0.526. The van der Waals surface area contributed by atoms with Crippen LogP contribution in [-0.2, 0) is 4.74 Å². The molecular weight excluding hydrogens is 294 g/mol. The topological polar surface area (TPSA) is 35.2 Å². The van der Waals surface area contributed by atoms with Crippen molar-refractivity contribution in [1.29, 1.82) is 0 Å². The van der Waals surface area contributed by atoms with Crippen LogP contribution in [0.5, 0.6) is 0 Å². The Kier molecular flexibility index (Phi) is 13.7. The molecule has 0 bridgehead atoms. The van der Waals surface area contributed by atoms with Gasteiger partial charge in [-0.1, -0.05) is 90.5 Å². The highest BCUT2D eigenvalue weighted by Crippen LogP contribution is 1.99. The van der Waals surface area contributed by atoms with Gasteiger partial charge in [0.05, 0.1) is 7.11 Å². The molecule has 2 nitrogen and oxygen atoms in total. The number of ether oxygens (including phenoxy) is 1. The van der Waals surface area contributed by atoms with Crippen LogP contribution in [0.25, 0.3) is 0 Å². The average molecular weight is 323 g/mol. The lowest BCUT2D eigenvalue weighted by molar-refractivity contribution is 0.307. The standard InChI is InChI=1S/C8H13NO.C8H10.C6H6/c1-3-5-8(10-2)6-4-7-9;1-7-3-5-8(2)6-4-7;1-2-4-6-5-3-1/h3-6H,1,7,9H2,2H3;3-6H,1-2H3;1-6H/b6-4-,8-5+;;. The van der Waals surface area contributed by atoms with E-state index in [0.29, 0.717) is 6.54 Å². The molecule has 0 heterocycles. The van der Waals surface area contributed by atoms with Crippen LogP contribution in [0.2, 0.25) is 0 Å². The van der Waals surface area contributed by atoms with Crippen LogP contribution in [-0.4, -0.2) is 13.7 Å². The molecule has 0 aliphatic carbocycles. The molecule has 2 aromatic rings. The zero-order valence-electron chi connectivity index (χ0n) is 15.0. The largest absolute Gasteiger partial charge is 0.497 e. The third-order valence-electron chi connectivity index (χ3n) is 2.82. The molecule has 0 aromatic heterocycles. The van der Waals surface area contributed by atoms with E-state index in [4.69, 9.17) is 10.5 Å². The molecule has 2 heteroatoms. The minimum Gasteiger partial charge on any atom is -0.497 e. The molecule has 128 valence electrons. The summed E-state index contributed by atoms with van der Waals surface area (Å²) in [7, 11) is 1.61. The van der Waals surface area contributed by atoms with E-state index in [1.54, 1.807) is 19.3 Å². The van der Waals surface area contributed by atoms with Crippen molar-refractivity contribution in [2.45, 2.75) is 13.8 Å². The van der Waals surface area contributed by atoms with Crippen molar-refractivity contribution in [3.05, 3.63) is 108 Å². The fraction of sp³-hybridized carbons (Fsp3) is 0.182. The van der Waals surface area contributed by atoms with Crippen LogP contribution in [0.3, 0.4) is 0 Å². The van der Waals surface area contributed by atoms with Crippen LogP contribution in [0.1, 0.15) is 11.1 Å². The van der Waals surface area contributed by atoms with Crippen molar-refractivity contribution in [2.75, 3.05) is 13.7 Å². The van der Waals surface area contributed by atoms with Crippen molar-refractivity contribution in [3.63, 3.8) is 0 Å². The number of rotatable bonds is 4. The molecule has 0 atom stereocenters. The Morgan fingerprint density at radius 2 is 1.38 bits per heavy atom. The van der Waals surface area contributed by atoms with Crippen molar-refractivity contribution in [1.82, 2.24) is 0 Å². The number of allylic oxidation sites excluding steroid dienone is 3. The van der Waals surface area contributed by atoms with Crippen molar-refractivity contribution >= 4 is 0 Å². The third-order valence-corrected chi connectivity index (χ3v) is 2.82. The van der Waals surface area contributed by atoms with Crippen molar-refractivity contribution in [3.8, 4) is 0 Å². The fourth-order valence-electron chi connectivity index (χ4n) is 1.51. The maximum atomic E-state index is 5.23. The van der Waals surface area contributed by atoms with E-state index in [9.17, 15) is 0 Å². The number of nitrogens with two attached hydrogens (primary N) is 1. The molecule has 0 aliphatic heterocycles. The van der Waals surface area contributed by atoms with Crippen LogP contribution < -0.4 is 5.73 Å². The van der Waals surface area contributed by atoms with E-state index in [0.717, 1.165) is 5.76 Å². The molecule has 24 heavy (non-hydrogen) atoms. The average Bonchev–Trinajstić information content (AvgIpc) is 2.63. The highest BCUT2D eigenvalue weighted by Gasteiger charge is 1.82. The van der Waals surface area contributed by atoms with Gasteiger partial charge < -0.3 is 10.5 Å². The lowest BCUT2D eigenvalue weighted by Crippen LogP contribution is -1.93. The summed E-state index contributed by atoms with van der Waals surface area (Å²) in [4.78, 5) is 0. The summed E-state index contributed by atoms with van der Waals surface area (Å²) in [5, 5.41) is 0. The van der Waals surface area contributed by atoms with Gasteiger partial charge in [0, 0.05) is 6.54 Å². The smallest absolute Gasteiger partial charge is 0.118 e. The van der Waals surface area contributed by atoms with Gasteiger partial charge in [0.25, 0.3) is 0 Å². The SMILES string of the molecule is C=C/C=C(\C=C/CN)OC.Cc1ccc(C)cc1.c1ccccc1. The van der Waals surface area contributed by atoms with Crippen molar-refractivity contribution < 1.29 is 4.74 Å². The Labute approximate surface area is 147 Å². The third kappa shape index (κ3) is 13.1. The van der Waals surface area contributed by atoms with Gasteiger partial charge in [-0.15, -0.1) is 0 Å². The summed E-state index contributed by atoms with van der Waals surface area (Å²) in [5.41, 5.74) is 7.89. The summed E-state index contributed by atoms with van der Waals surface area (Å²) in [6.07, 6.45) is 7.06. The molecule has 2 aromatic carbocycles. The number of aryl methyl sites for hydroxylation is 2. The summed E-state index contributed by atoms with van der Waals surface area (Å²) in [5.74, 6) is 0.764. The van der Waals surface area contributed by atoms with E-state index in [1.807, 2.05) is 48.6 Å². The van der Waals surface area contributed by atoms with Crippen LogP contribution in [0.4, 0.5) is 0 Å². The van der Waals surface area contributed by atoms with Gasteiger partial charge in [-0.25, -0.2) is 0 Å². The Balaban J connectivity index is 0.000000340. The van der Waals surface area contributed by atoms with Gasteiger partial charge in [0.2, 0.25) is 0 Å². The Bertz CT molecular complexity index is 535. The van der Waals surface area contributed by atoms with E-state index in [-0.39, 0.29) is 0 Å². The lowest BCUT2D eigenvalue weighted by atomic mass is 10.2. The zero-order chi connectivity index (χ0) is 18.0. The quantitative estimate of drug-likeness (QED) is 0.619. The summed E-state index contributed by atoms with van der Waals surface area (Å²) in [6, 6.07) is 20.5. The summed E-state index contributed by atoms with van der Waals surface area (Å²) < 4.78 is 4.94. The molecule has 0 unspecified atom stereocenters. The van der Waals surface area contributed by atoms with E-state index in [1.165, 1.54) is 11.1 Å². The van der Waals surface area contributed by atoms with Gasteiger partial charge in [-0.3, -0.25) is 0 Å². The maximum absolute atomic E-state index is 5.23. The zero-order valence-corrected chi connectivity index (χ0v) is 15.0. The van der Waals surface area contributed by atoms with Crippen LogP contribution in [0, 0.1) is 13.8 Å². The molecular formula is C22H29NO. The number of hydrogen-bond donors (Lipinski definition) is 1. The number of hydrogen-bond acceptors (Lipinski definition) is 2. The van der Waals surface area contributed by atoms with E-state index in [2.05, 4.69) is 44.7 Å². The van der Waals surface area contributed by atoms with E-state index < -0.39 is 0 Å². The molecule has 0 radical (unpaired) electrons. The summed E-state index contributed by atoms with van der Waals surface area (Å²) in [6.45, 7) is 8.25. The molecule has 0 amide bonds. The molecule has 0 fully saturated rings. The molecule has 0 aliphatic rings. The molecule has 2 N–H and O–H groups in total. The van der Waals surface area contributed by atoms with Gasteiger partial charge >= 0.3 is 0 Å². The fourth-order valence-corrected chi connectivity index (χ4v) is 1.51. The first-order valence-corrected chi connectivity index (χ1v) is 7.90. The first-order chi connectivity index (χ1) is 11.6. The minimum atomic E-state index is 0.526. The monoisotopic (exact) mass is 323 g/mol. The van der Waals surface area contributed by atoms with Gasteiger partial charge in [0.1, 0.15) is 5.76 Å². The second-order valence-corrected chi connectivity index (χ2v) is 4.96. The van der Waals surface area contributed by atoms with E-state index >= 15 is 0 Å². The number of methoxy groups -OCH3 is 1. The highest BCUT2D eigenvalue weighted by molar-refractivity contribution is 5.19. The van der Waals surface area contributed by atoms with Gasteiger partial charge in [-0.05, 0) is 26.0 Å². The Morgan fingerprint density at radius 3 is 1.67 bits per heavy atom. The Morgan fingerprint density at radius 1 is 0.958 bits per heavy atom. The number of benzene rings is 2. The first kappa shape index (κ1) is 21.4. The predicted molar refractivity (Wildman–Crippen MR) is 106 cm³/mol. The molecule has 2 rings (SSSR count). The molecule has 0 saturated carbocycles.